The van der Waals surface area contributed by atoms with Crippen LogP contribution in [0.15, 0.2) is 339 Å². The zero-order valence-electron chi connectivity index (χ0n) is 73.7. The zero-order chi connectivity index (χ0) is 89.7. The van der Waals surface area contributed by atoms with E-state index in [-0.39, 0.29) is 84.0 Å². The zero-order valence-corrected chi connectivity index (χ0v) is 75.5. The molecule has 6 fully saturated rings. The monoisotopic (exact) mass is 1810 g/mol. The second-order valence-electron chi connectivity index (χ2n) is 34.7. The molecule has 131 heavy (non-hydrogen) atoms. The maximum atomic E-state index is 16.3. The van der Waals surface area contributed by atoms with E-state index in [0.717, 1.165) is 46.2 Å². The molecule has 3 saturated heterocycles. The van der Waals surface area contributed by atoms with E-state index in [4.69, 9.17) is 93.8 Å². The molecule has 0 unspecified atom stereocenters. The van der Waals surface area contributed by atoms with Crippen molar-refractivity contribution >= 4 is 15.6 Å². The van der Waals surface area contributed by atoms with Gasteiger partial charge in [0.25, 0.3) is 0 Å². The molecule has 11 aromatic carbocycles. The predicted octanol–water partition coefficient (Wildman–Crippen LogP) is 21.4. The number of fused-ring (bicyclic) bond motifs is 4. The predicted molar refractivity (Wildman–Crippen MR) is 489 cm³/mol. The normalized spacial score (nSPS) is 27.3. The van der Waals surface area contributed by atoms with Crippen LogP contribution in [0.25, 0.3) is 10.4 Å². The Kier molecular flexibility index (Phi) is 31.7. The smallest absolute Gasteiger partial charge is 0.370 e. The third-order valence-corrected chi connectivity index (χ3v) is 28.8. The van der Waals surface area contributed by atoms with Crippen LogP contribution in [-0.2, 0) is 171 Å². The number of rotatable bonds is 44. The van der Waals surface area contributed by atoms with Gasteiger partial charge in [0.2, 0.25) is 0 Å². The first-order valence-corrected chi connectivity index (χ1v) is 47.9. The minimum atomic E-state index is -4.81. The van der Waals surface area contributed by atoms with Crippen molar-refractivity contribution in [2.24, 2.45) is 21.9 Å². The molecule has 3 heterocycles. The van der Waals surface area contributed by atoms with Gasteiger partial charge in [0.05, 0.1) is 85.9 Å². The van der Waals surface area contributed by atoms with Crippen molar-refractivity contribution in [3.8, 4) is 0 Å². The first-order chi connectivity index (χ1) is 64.2. The van der Waals surface area contributed by atoms with Gasteiger partial charge in [0.15, 0.2) is 18.4 Å². The van der Waals surface area contributed by atoms with Crippen molar-refractivity contribution in [1.29, 1.82) is 0 Å². The van der Waals surface area contributed by atoms with Gasteiger partial charge < -0.3 is 61.6 Å². The van der Waals surface area contributed by atoms with Crippen molar-refractivity contribution in [2.45, 2.75) is 216 Å². The molecule has 17 rings (SSSR count). The fourth-order valence-electron chi connectivity index (χ4n) is 18.6. The Bertz CT molecular complexity index is 5370. The highest BCUT2D eigenvalue weighted by molar-refractivity contribution is 7.48. The fourth-order valence-corrected chi connectivity index (χ4v) is 21.0. The number of phosphoric ester groups is 2. The Morgan fingerprint density at radius 2 is 0.588 bits per heavy atom. The summed E-state index contributed by atoms with van der Waals surface area (Å²) in [6.07, 6.45) is -16.9. The Morgan fingerprint density at radius 1 is 0.321 bits per heavy atom. The molecular weight excluding hydrogens is 1700 g/mol. The van der Waals surface area contributed by atoms with Gasteiger partial charge >= 0.3 is 15.6 Å². The van der Waals surface area contributed by atoms with Crippen molar-refractivity contribution in [3.05, 3.63) is 405 Å². The highest BCUT2D eigenvalue weighted by atomic mass is 31.2. The van der Waals surface area contributed by atoms with Crippen LogP contribution in [0, 0.1) is 16.7 Å². The quantitative estimate of drug-likeness (QED) is 0.0149. The number of nitrogens with zero attached hydrogens (tertiary/aromatic N) is 3. The number of hydrogen-bond donors (Lipinski definition) is 0. The lowest BCUT2D eigenvalue weighted by Gasteiger charge is -2.51. The van der Waals surface area contributed by atoms with Crippen molar-refractivity contribution in [1.82, 2.24) is 0 Å². The van der Waals surface area contributed by atoms with Gasteiger partial charge in [-0.1, -0.05) is 360 Å². The van der Waals surface area contributed by atoms with E-state index in [0.29, 0.717) is 34.2 Å². The summed E-state index contributed by atoms with van der Waals surface area (Å²) in [6, 6.07) is 104. The van der Waals surface area contributed by atoms with Crippen LogP contribution in [0.3, 0.4) is 0 Å². The largest absolute Gasteiger partial charge is 0.475 e. The van der Waals surface area contributed by atoms with Gasteiger partial charge in [-0.15, -0.1) is 0 Å². The summed E-state index contributed by atoms with van der Waals surface area (Å²) >= 11 is 0. The molecule has 1 spiro atoms. The molecule has 26 heteroatoms. The first kappa shape index (κ1) is 93.2. The highest BCUT2D eigenvalue weighted by Gasteiger charge is 2.76. The van der Waals surface area contributed by atoms with Crippen LogP contribution in [0.1, 0.15) is 101 Å². The number of phosphoric acid groups is 2. The minimum absolute atomic E-state index is 0.00329. The third-order valence-electron chi connectivity index (χ3n) is 26.1. The molecule has 11 aromatic rings. The molecule has 3 aliphatic carbocycles. The second kappa shape index (κ2) is 44.5. The van der Waals surface area contributed by atoms with E-state index in [1.54, 1.807) is 0 Å². The summed E-state index contributed by atoms with van der Waals surface area (Å²) in [5.41, 5.74) is 19.2. The number of azide groups is 1. The molecule has 3 saturated carbocycles. The van der Waals surface area contributed by atoms with Gasteiger partial charge in [-0.3, -0.25) is 27.1 Å². The summed E-state index contributed by atoms with van der Waals surface area (Å²) < 4.78 is 170. The standard InChI is InChI=1S/C105H113N3O21P2/c1-103(2)86-59-60-104(103,3)105(61-86)128-98-96(116-67-80-47-25-9-26-48-80)94(114-65-78-43-21-7-22-44-78)95(115-66-79-45-23-8-24-46-79)97(99(98)129-105)127-101-89(107-108-106)92(112-63-76-39-17-5-18-40-76)91(88(124-101)74-123-131(110,120-71-84-55-33-13-34-56-84)121-72-85-57-35-14-36-58-85)126-102-100(117-68-81-49-27-10-28-50-81)93(113-64-77-41-19-6-20-42-77)90(111-62-75-37-15-4-16-38-75)87(125-102)73-122-130(109,118-69-82-51-29-11-30-52-82)119-70-83-53-31-12-32-54-83/h4-58,86-102H,59-74H2,1-3H3/t86-,87+,88+,89+,90-,91+,92+,93-,94-,95-,96+,97+,98+,99-,100+,101+,102+,104-,105+/m0/s1. The van der Waals surface area contributed by atoms with Crippen molar-refractivity contribution in [2.75, 3.05) is 13.2 Å². The summed E-state index contributed by atoms with van der Waals surface area (Å²) in [5.74, 6) is -0.987. The SMILES string of the molecule is CC1(C)[C@H]2CC[C@]1(C)[C@]1(C2)O[C@@H]2[C@H](OCc3ccccc3)[C@@H](OCc3ccccc3)[C@H](OCc3ccccc3)[C@@H](O[C@H]3O[C@H](COP(=O)(OCc4ccccc4)OCc4ccccc4)[C@@H](O[C@H]4O[C@H](COP(=O)(OCc5ccccc5)OCc5ccccc5)[C@H](OCc5ccccc5)[C@H](OCc5ccccc5)[C@H]4OCc4ccccc4)[C@H](OCc4ccccc4)[C@H]3N=[N+]=[N-])[C@@H]2O1. The highest BCUT2D eigenvalue weighted by Crippen LogP contribution is 2.73. The molecule has 684 valence electrons. The summed E-state index contributed by atoms with van der Waals surface area (Å²) in [6.45, 7) is 5.01. The van der Waals surface area contributed by atoms with Gasteiger partial charge in [-0.05, 0) is 90.9 Å². The molecule has 19 atom stereocenters. The van der Waals surface area contributed by atoms with Crippen LogP contribution in [0.5, 0.6) is 0 Å². The minimum Gasteiger partial charge on any atom is -0.370 e. The summed E-state index contributed by atoms with van der Waals surface area (Å²) in [7, 11) is -9.46. The molecule has 3 aliphatic heterocycles. The molecule has 0 aromatic heterocycles. The number of benzene rings is 11. The molecular formula is C105H113N3O21P2. The van der Waals surface area contributed by atoms with Gasteiger partial charge in [0.1, 0.15) is 85.4 Å². The average Bonchev–Trinajstić information content (AvgIpc) is 1.50. The van der Waals surface area contributed by atoms with Crippen LogP contribution in [0.2, 0.25) is 0 Å². The Morgan fingerprint density at radius 3 is 0.908 bits per heavy atom. The summed E-state index contributed by atoms with van der Waals surface area (Å²) in [4.78, 5) is 3.67. The van der Waals surface area contributed by atoms with E-state index in [1.807, 2.05) is 334 Å². The molecule has 24 nitrogen and oxygen atoms in total. The Labute approximate surface area is 766 Å². The van der Waals surface area contributed by atoms with E-state index in [2.05, 4.69) is 25.7 Å². The summed E-state index contributed by atoms with van der Waals surface area (Å²) in [5, 5.41) is 4.75. The Balaban J connectivity index is 0.822. The maximum Gasteiger partial charge on any atom is 0.475 e. The van der Waals surface area contributed by atoms with E-state index in [1.165, 1.54) is 0 Å². The van der Waals surface area contributed by atoms with Crippen LogP contribution in [-0.4, -0.2) is 117 Å². The van der Waals surface area contributed by atoms with Crippen molar-refractivity contribution < 1.29 is 97.9 Å². The molecule has 2 bridgehead atoms. The first-order valence-electron chi connectivity index (χ1n) is 45.0. The molecule has 0 N–H and O–H groups in total. The van der Waals surface area contributed by atoms with E-state index >= 15 is 9.13 Å². The molecule has 6 aliphatic rings. The Hall–Kier alpha value is -9.57. The van der Waals surface area contributed by atoms with Gasteiger partial charge in [-0.2, -0.15) is 0 Å². The third kappa shape index (κ3) is 23.3. The van der Waals surface area contributed by atoms with Crippen LogP contribution >= 0.6 is 15.6 Å². The lowest BCUT2D eigenvalue weighted by atomic mass is 9.68. The van der Waals surface area contributed by atoms with E-state index in [9.17, 15) is 5.53 Å². The van der Waals surface area contributed by atoms with Crippen LogP contribution < -0.4 is 0 Å². The lowest BCUT2D eigenvalue weighted by molar-refractivity contribution is -0.369. The second-order valence-corrected chi connectivity index (χ2v) is 38.1. The maximum absolute atomic E-state index is 16.3. The van der Waals surface area contributed by atoms with Gasteiger partial charge in [0, 0.05) is 16.7 Å². The topological polar surface area (TPSA) is 258 Å². The van der Waals surface area contributed by atoms with Crippen LogP contribution in [0.4, 0.5) is 0 Å². The number of hydrogen-bond acceptors (Lipinski definition) is 22. The average molecular weight is 1820 g/mol. The lowest BCUT2D eigenvalue weighted by Crippen LogP contribution is -2.68. The molecule has 0 radical (unpaired) electrons. The van der Waals surface area contributed by atoms with Crippen molar-refractivity contribution in [3.63, 3.8) is 0 Å². The number of ether oxygens (including phenoxy) is 13. The van der Waals surface area contributed by atoms with Gasteiger partial charge in [-0.25, -0.2) is 9.13 Å². The molecule has 0 amide bonds. The fraction of sp³-hybridized carbons (Fsp3) is 0.371. The van der Waals surface area contributed by atoms with E-state index < -0.39 is 138 Å².